The van der Waals surface area contributed by atoms with E-state index in [-0.39, 0.29) is 12.1 Å². The lowest BCUT2D eigenvalue weighted by molar-refractivity contribution is 0.145. The number of halogens is 3. The minimum absolute atomic E-state index is 0.244. The van der Waals surface area contributed by atoms with Gasteiger partial charge in [0.05, 0.1) is 11.7 Å². The summed E-state index contributed by atoms with van der Waals surface area (Å²) in [4.78, 5) is 0. The van der Waals surface area contributed by atoms with Crippen molar-refractivity contribution in [1.29, 1.82) is 0 Å². The molecule has 0 aromatic heterocycles. The number of likely N-dealkylation sites (N-methyl/N-ethyl adjacent to an activating group) is 1. The van der Waals surface area contributed by atoms with Gasteiger partial charge in [-0.2, -0.15) is 0 Å². The van der Waals surface area contributed by atoms with E-state index in [0.717, 1.165) is 12.1 Å². The molecule has 0 bridgehead atoms. The molecule has 84 valence electrons. The van der Waals surface area contributed by atoms with E-state index < -0.39 is 23.9 Å². The van der Waals surface area contributed by atoms with Gasteiger partial charge < -0.3 is 10.4 Å². The van der Waals surface area contributed by atoms with Gasteiger partial charge in [-0.15, -0.1) is 0 Å². The van der Waals surface area contributed by atoms with Crippen LogP contribution < -0.4 is 5.32 Å². The van der Waals surface area contributed by atoms with Crippen molar-refractivity contribution in [2.75, 3.05) is 13.6 Å². The maximum absolute atomic E-state index is 13.1. The van der Waals surface area contributed by atoms with Crippen molar-refractivity contribution in [2.45, 2.75) is 12.5 Å². The lowest BCUT2D eigenvalue weighted by Gasteiger charge is -2.11. The number of aliphatic hydroxyl groups excluding tert-OH is 1. The number of rotatable bonds is 4. The van der Waals surface area contributed by atoms with E-state index in [1.165, 1.54) is 6.07 Å². The van der Waals surface area contributed by atoms with Gasteiger partial charge in [0, 0.05) is 6.54 Å². The topological polar surface area (TPSA) is 32.3 Å². The Morgan fingerprint density at radius 2 is 2.07 bits per heavy atom. The van der Waals surface area contributed by atoms with Crippen LogP contribution in [0.1, 0.15) is 23.7 Å². The second-order valence-corrected chi connectivity index (χ2v) is 3.16. The molecular formula is C10H12F3NO. The van der Waals surface area contributed by atoms with Crippen LogP contribution in [0.25, 0.3) is 0 Å². The fourth-order valence-corrected chi connectivity index (χ4v) is 1.24. The SMILES string of the molecule is CNCC(O)c1ccc(C(F)F)c(F)c1. The third-order valence-electron chi connectivity index (χ3n) is 2.04. The molecule has 1 aromatic carbocycles. The molecule has 0 spiro atoms. The molecule has 1 aromatic rings. The third kappa shape index (κ3) is 2.94. The Kier molecular flexibility index (Phi) is 4.11. The highest BCUT2D eigenvalue weighted by molar-refractivity contribution is 5.26. The summed E-state index contributed by atoms with van der Waals surface area (Å²) < 4.78 is 37.5. The molecule has 1 rings (SSSR count). The van der Waals surface area contributed by atoms with E-state index in [2.05, 4.69) is 5.32 Å². The van der Waals surface area contributed by atoms with Gasteiger partial charge in [0.1, 0.15) is 5.82 Å². The zero-order chi connectivity index (χ0) is 11.4. The Bertz CT molecular complexity index is 330. The predicted molar refractivity (Wildman–Crippen MR) is 50.2 cm³/mol. The van der Waals surface area contributed by atoms with Crippen molar-refractivity contribution in [3.63, 3.8) is 0 Å². The molecular weight excluding hydrogens is 207 g/mol. The highest BCUT2D eigenvalue weighted by atomic mass is 19.3. The average molecular weight is 219 g/mol. The number of hydrogen-bond acceptors (Lipinski definition) is 2. The van der Waals surface area contributed by atoms with Crippen molar-refractivity contribution in [3.05, 3.63) is 35.1 Å². The van der Waals surface area contributed by atoms with Gasteiger partial charge in [-0.05, 0) is 18.7 Å². The zero-order valence-corrected chi connectivity index (χ0v) is 8.17. The van der Waals surface area contributed by atoms with Crippen LogP contribution in [-0.4, -0.2) is 18.7 Å². The summed E-state index contributed by atoms with van der Waals surface area (Å²) in [5.41, 5.74) is -0.360. The molecule has 0 saturated heterocycles. The fraction of sp³-hybridized carbons (Fsp3) is 0.400. The fourth-order valence-electron chi connectivity index (χ4n) is 1.24. The molecule has 0 aliphatic heterocycles. The molecule has 0 saturated carbocycles. The van der Waals surface area contributed by atoms with Crippen LogP contribution in [0.15, 0.2) is 18.2 Å². The lowest BCUT2D eigenvalue weighted by atomic mass is 10.1. The smallest absolute Gasteiger partial charge is 0.266 e. The van der Waals surface area contributed by atoms with Gasteiger partial charge in [-0.25, -0.2) is 13.2 Å². The Morgan fingerprint density at radius 1 is 1.40 bits per heavy atom. The molecule has 0 amide bonds. The largest absolute Gasteiger partial charge is 0.387 e. The molecule has 2 N–H and O–H groups in total. The molecule has 0 heterocycles. The maximum Gasteiger partial charge on any atom is 0.266 e. The standard InChI is InChI=1S/C10H12F3NO/c1-14-5-9(15)6-2-3-7(10(12)13)8(11)4-6/h2-4,9-10,14-15H,5H2,1H3. The first-order valence-corrected chi connectivity index (χ1v) is 4.46. The first kappa shape index (κ1) is 12.0. The quantitative estimate of drug-likeness (QED) is 0.812. The lowest BCUT2D eigenvalue weighted by Crippen LogP contribution is -2.16. The van der Waals surface area contributed by atoms with Crippen molar-refractivity contribution in [3.8, 4) is 0 Å². The molecule has 1 atom stereocenters. The summed E-state index contributed by atoms with van der Waals surface area (Å²) in [5, 5.41) is 12.2. The van der Waals surface area contributed by atoms with Gasteiger partial charge >= 0.3 is 0 Å². The monoisotopic (exact) mass is 219 g/mol. The van der Waals surface area contributed by atoms with Crippen LogP contribution in [0.5, 0.6) is 0 Å². The van der Waals surface area contributed by atoms with Crippen LogP contribution >= 0.6 is 0 Å². The van der Waals surface area contributed by atoms with Crippen molar-refractivity contribution < 1.29 is 18.3 Å². The first-order chi connectivity index (χ1) is 7.06. The van der Waals surface area contributed by atoms with Gasteiger partial charge in [0.25, 0.3) is 6.43 Å². The Morgan fingerprint density at radius 3 is 2.53 bits per heavy atom. The molecule has 15 heavy (non-hydrogen) atoms. The number of alkyl halides is 2. The highest BCUT2D eigenvalue weighted by Crippen LogP contribution is 2.24. The predicted octanol–water partition coefficient (Wildman–Crippen LogP) is 2.02. The molecule has 0 radical (unpaired) electrons. The Hall–Kier alpha value is -1.07. The van der Waals surface area contributed by atoms with E-state index in [4.69, 9.17) is 0 Å². The molecule has 2 nitrogen and oxygen atoms in total. The van der Waals surface area contributed by atoms with E-state index in [1.54, 1.807) is 7.05 Å². The molecule has 0 aliphatic carbocycles. The summed E-state index contributed by atoms with van der Waals surface area (Å²) in [5.74, 6) is -0.988. The van der Waals surface area contributed by atoms with Crippen LogP contribution in [-0.2, 0) is 0 Å². The first-order valence-electron chi connectivity index (χ1n) is 4.46. The van der Waals surface area contributed by atoms with Gasteiger partial charge in [-0.1, -0.05) is 12.1 Å². The second kappa shape index (κ2) is 5.14. The Balaban J connectivity index is 2.91. The van der Waals surface area contributed by atoms with Crippen molar-refractivity contribution in [1.82, 2.24) is 5.32 Å². The summed E-state index contributed by atoms with van der Waals surface area (Å²) in [6.45, 7) is 0.244. The van der Waals surface area contributed by atoms with E-state index in [0.29, 0.717) is 0 Å². The summed E-state index contributed by atoms with van der Waals surface area (Å²) in [6, 6.07) is 3.23. The number of aliphatic hydroxyl groups is 1. The number of nitrogens with one attached hydrogen (secondary N) is 1. The van der Waals surface area contributed by atoms with Crippen molar-refractivity contribution in [2.24, 2.45) is 0 Å². The average Bonchev–Trinajstić information content (AvgIpc) is 2.17. The molecule has 0 fully saturated rings. The van der Waals surface area contributed by atoms with Crippen LogP contribution in [0.3, 0.4) is 0 Å². The van der Waals surface area contributed by atoms with Crippen LogP contribution in [0.4, 0.5) is 13.2 Å². The molecule has 0 aliphatic rings. The molecule has 1 unspecified atom stereocenters. The highest BCUT2D eigenvalue weighted by Gasteiger charge is 2.15. The third-order valence-corrected chi connectivity index (χ3v) is 2.04. The molecule has 5 heteroatoms. The summed E-state index contributed by atoms with van der Waals surface area (Å²) >= 11 is 0. The Labute approximate surface area is 85.7 Å². The van der Waals surface area contributed by atoms with Gasteiger partial charge in [0.15, 0.2) is 0 Å². The van der Waals surface area contributed by atoms with Gasteiger partial charge in [0.2, 0.25) is 0 Å². The summed E-state index contributed by atoms with van der Waals surface area (Å²) in [6.07, 6.45) is -3.73. The second-order valence-electron chi connectivity index (χ2n) is 3.16. The normalized spacial score (nSPS) is 13.2. The van der Waals surface area contributed by atoms with E-state index >= 15 is 0 Å². The number of benzene rings is 1. The number of hydrogen-bond donors (Lipinski definition) is 2. The zero-order valence-electron chi connectivity index (χ0n) is 8.17. The minimum Gasteiger partial charge on any atom is -0.387 e. The maximum atomic E-state index is 13.1. The van der Waals surface area contributed by atoms with Gasteiger partial charge in [-0.3, -0.25) is 0 Å². The van der Waals surface area contributed by atoms with Crippen LogP contribution in [0, 0.1) is 5.82 Å². The van der Waals surface area contributed by atoms with Crippen molar-refractivity contribution >= 4 is 0 Å². The van der Waals surface area contributed by atoms with E-state index in [9.17, 15) is 18.3 Å². The minimum atomic E-state index is -2.83. The summed E-state index contributed by atoms with van der Waals surface area (Å²) in [7, 11) is 1.63. The van der Waals surface area contributed by atoms with E-state index in [1.807, 2.05) is 0 Å². The van der Waals surface area contributed by atoms with Crippen LogP contribution in [0.2, 0.25) is 0 Å².